The van der Waals surface area contributed by atoms with E-state index in [-0.39, 0.29) is 18.7 Å². The summed E-state index contributed by atoms with van der Waals surface area (Å²) in [7, 11) is 1.34. The number of halogens is 3. The summed E-state index contributed by atoms with van der Waals surface area (Å²) in [5, 5.41) is 4.98. The van der Waals surface area contributed by atoms with E-state index in [0.29, 0.717) is 0 Å². The van der Waals surface area contributed by atoms with Crippen LogP contribution in [0, 0.1) is 0 Å². The third kappa shape index (κ3) is 7.73. The largest absolute Gasteiger partial charge is 0.444 e. The number of hydrogen-bond acceptors (Lipinski definition) is 4. The van der Waals surface area contributed by atoms with Crippen molar-refractivity contribution in [2.75, 3.05) is 20.3 Å². The molecule has 1 aromatic rings. The summed E-state index contributed by atoms with van der Waals surface area (Å²) < 4.78 is 48.6. The van der Waals surface area contributed by atoms with Gasteiger partial charge in [0.25, 0.3) is 0 Å². The minimum Gasteiger partial charge on any atom is -0.444 e. The smallest absolute Gasteiger partial charge is 0.416 e. The van der Waals surface area contributed by atoms with Crippen molar-refractivity contribution in [1.29, 1.82) is 0 Å². The molecule has 0 aromatic heterocycles. The number of carbonyl (C=O) groups excluding carboxylic acids is 2. The van der Waals surface area contributed by atoms with Crippen LogP contribution >= 0.6 is 0 Å². The van der Waals surface area contributed by atoms with Crippen LogP contribution in [-0.2, 0) is 20.4 Å². The predicted octanol–water partition coefficient (Wildman–Crippen LogP) is 3.03. The second kappa shape index (κ2) is 8.88. The molecule has 9 heteroatoms. The van der Waals surface area contributed by atoms with Gasteiger partial charge >= 0.3 is 12.3 Å². The molecule has 26 heavy (non-hydrogen) atoms. The first kappa shape index (κ1) is 21.8. The maximum atomic E-state index is 12.9. The fourth-order valence-corrected chi connectivity index (χ4v) is 2.03. The maximum Gasteiger partial charge on any atom is 0.416 e. The van der Waals surface area contributed by atoms with Crippen LogP contribution in [-0.4, -0.2) is 37.9 Å². The van der Waals surface area contributed by atoms with Gasteiger partial charge in [0.2, 0.25) is 5.91 Å². The van der Waals surface area contributed by atoms with E-state index >= 15 is 0 Å². The average molecular weight is 376 g/mol. The lowest BCUT2D eigenvalue weighted by Crippen LogP contribution is -2.41. The zero-order chi connectivity index (χ0) is 20.0. The number of carbonyl (C=O) groups is 2. The molecule has 0 radical (unpaired) electrons. The van der Waals surface area contributed by atoms with Crippen molar-refractivity contribution in [2.45, 2.75) is 38.6 Å². The van der Waals surface area contributed by atoms with Gasteiger partial charge in [0.1, 0.15) is 12.2 Å². The summed E-state index contributed by atoms with van der Waals surface area (Å²) in [6.07, 6.45) is -5.33. The molecular formula is C17H23F3N2O4. The number of benzene rings is 1. The molecule has 0 saturated carbocycles. The van der Waals surface area contributed by atoms with Crippen LogP contribution in [0.15, 0.2) is 24.3 Å². The molecule has 0 heterocycles. The highest BCUT2D eigenvalue weighted by Crippen LogP contribution is 2.30. The van der Waals surface area contributed by atoms with Crippen LogP contribution in [0.1, 0.15) is 37.9 Å². The van der Waals surface area contributed by atoms with Crippen molar-refractivity contribution >= 4 is 12.0 Å². The number of amides is 2. The van der Waals surface area contributed by atoms with Crippen LogP contribution in [0.3, 0.4) is 0 Å². The van der Waals surface area contributed by atoms with Gasteiger partial charge in [-0.25, -0.2) is 4.79 Å². The summed E-state index contributed by atoms with van der Waals surface area (Å²) in [5.74, 6) is -0.463. The number of hydrogen-bond donors (Lipinski definition) is 2. The lowest BCUT2D eigenvalue weighted by Gasteiger charge is -2.24. The molecule has 1 atom stereocenters. The van der Waals surface area contributed by atoms with Gasteiger partial charge in [-0.3, -0.25) is 4.79 Å². The zero-order valence-corrected chi connectivity index (χ0v) is 15.1. The summed E-state index contributed by atoms with van der Waals surface area (Å²) in [5.41, 5.74) is -1.44. The van der Waals surface area contributed by atoms with Gasteiger partial charge in [0.15, 0.2) is 0 Å². The Balaban J connectivity index is 2.99. The Morgan fingerprint density at radius 2 is 1.85 bits per heavy atom. The number of alkyl halides is 3. The normalized spacial score (nSPS) is 13.0. The van der Waals surface area contributed by atoms with Gasteiger partial charge in [-0.05, 0) is 38.5 Å². The number of nitrogens with one attached hydrogen (secondary N) is 2. The fraction of sp³-hybridized carbons (Fsp3) is 0.529. The molecule has 1 unspecified atom stereocenters. The van der Waals surface area contributed by atoms with E-state index in [1.165, 1.54) is 19.2 Å². The Morgan fingerprint density at radius 3 is 2.38 bits per heavy atom. The zero-order valence-electron chi connectivity index (χ0n) is 15.1. The van der Waals surface area contributed by atoms with Crippen LogP contribution < -0.4 is 10.6 Å². The second-order valence-electron chi connectivity index (χ2n) is 6.56. The maximum absolute atomic E-state index is 12.9. The molecule has 0 spiro atoms. The first-order valence-electron chi connectivity index (χ1n) is 7.84. The summed E-state index contributed by atoms with van der Waals surface area (Å²) in [6.45, 7) is 4.65. The SMILES string of the molecule is COCC(=O)NCC(NC(=O)OC(C)(C)C)c1cccc(C(F)(F)F)c1. The third-order valence-corrected chi connectivity index (χ3v) is 3.09. The van der Waals surface area contributed by atoms with Crippen molar-refractivity contribution in [1.82, 2.24) is 10.6 Å². The summed E-state index contributed by atoms with van der Waals surface area (Å²) >= 11 is 0. The molecule has 0 aliphatic rings. The van der Waals surface area contributed by atoms with Gasteiger partial charge in [0.05, 0.1) is 11.6 Å². The van der Waals surface area contributed by atoms with Gasteiger partial charge in [0, 0.05) is 13.7 Å². The monoisotopic (exact) mass is 376 g/mol. The second-order valence-corrected chi connectivity index (χ2v) is 6.56. The molecule has 2 N–H and O–H groups in total. The van der Waals surface area contributed by atoms with Gasteiger partial charge in [-0.15, -0.1) is 0 Å². The van der Waals surface area contributed by atoms with Crippen LogP contribution in [0.4, 0.5) is 18.0 Å². The number of ether oxygens (including phenoxy) is 2. The Labute approximate surface area is 150 Å². The van der Waals surface area contributed by atoms with Crippen LogP contribution in [0.25, 0.3) is 0 Å². The number of rotatable bonds is 6. The minimum atomic E-state index is -4.52. The molecule has 146 valence electrons. The first-order valence-corrected chi connectivity index (χ1v) is 7.84. The van der Waals surface area contributed by atoms with E-state index < -0.39 is 35.4 Å². The number of methoxy groups -OCH3 is 1. The fourth-order valence-electron chi connectivity index (χ4n) is 2.03. The minimum absolute atomic E-state index is 0.122. The van der Waals surface area contributed by atoms with E-state index in [1.807, 2.05) is 0 Å². The molecule has 0 aliphatic heterocycles. The van der Waals surface area contributed by atoms with Crippen molar-refractivity contribution in [3.8, 4) is 0 Å². The van der Waals surface area contributed by atoms with Crippen LogP contribution in [0.5, 0.6) is 0 Å². The third-order valence-electron chi connectivity index (χ3n) is 3.09. The molecular weight excluding hydrogens is 353 g/mol. The van der Waals surface area contributed by atoms with Gasteiger partial charge < -0.3 is 20.1 Å². The van der Waals surface area contributed by atoms with E-state index in [1.54, 1.807) is 20.8 Å². The number of alkyl carbamates (subject to hydrolysis) is 1. The van der Waals surface area contributed by atoms with Gasteiger partial charge in [-0.1, -0.05) is 12.1 Å². The Bertz CT molecular complexity index is 627. The average Bonchev–Trinajstić information content (AvgIpc) is 2.49. The Morgan fingerprint density at radius 1 is 1.19 bits per heavy atom. The topological polar surface area (TPSA) is 76.7 Å². The Kier molecular flexibility index (Phi) is 7.43. The lowest BCUT2D eigenvalue weighted by molar-refractivity contribution is -0.137. The van der Waals surface area contributed by atoms with E-state index in [2.05, 4.69) is 15.4 Å². The highest BCUT2D eigenvalue weighted by Gasteiger charge is 2.31. The van der Waals surface area contributed by atoms with E-state index in [4.69, 9.17) is 4.74 Å². The molecule has 1 rings (SSSR count). The summed E-state index contributed by atoms with van der Waals surface area (Å²) in [6, 6.07) is 3.61. The quantitative estimate of drug-likeness (QED) is 0.800. The lowest BCUT2D eigenvalue weighted by atomic mass is 10.0. The Hall–Kier alpha value is -2.29. The molecule has 2 amide bonds. The van der Waals surface area contributed by atoms with Crippen molar-refractivity contribution in [3.05, 3.63) is 35.4 Å². The predicted molar refractivity (Wildman–Crippen MR) is 88.4 cm³/mol. The molecule has 0 bridgehead atoms. The van der Waals surface area contributed by atoms with E-state index in [9.17, 15) is 22.8 Å². The summed E-state index contributed by atoms with van der Waals surface area (Å²) in [4.78, 5) is 23.6. The van der Waals surface area contributed by atoms with Gasteiger partial charge in [-0.2, -0.15) is 13.2 Å². The van der Waals surface area contributed by atoms with Crippen LogP contribution in [0.2, 0.25) is 0 Å². The molecule has 0 fully saturated rings. The molecule has 0 saturated heterocycles. The highest BCUT2D eigenvalue weighted by atomic mass is 19.4. The van der Waals surface area contributed by atoms with Crippen molar-refractivity contribution in [2.24, 2.45) is 0 Å². The molecule has 0 aliphatic carbocycles. The molecule has 1 aromatic carbocycles. The highest BCUT2D eigenvalue weighted by molar-refractivity contribution is 5.77. The van der Waals surface area contributed by atoms with Crippen molar-refractivity contribution < 1.29 is 32.2 Å². The van der Waals surface area contributed by atoms with Crippen molar-refractivity contribution in [3.63, 3.8) is 0 Å². The van der Waals surface area contributed by atoms with E-state index in [0.717, 1.165) is 12.1 Å². The first-order chi connectivity index (χ1) is 11.9. The molecule has 6 nitrogen and oxygen atoms in total. The standard InChI is InChI=1S/C17H23F3N2O4/c1-16(2,3)26-15(24)22-13(9-21-14(23)10-25-4)11-6-5-7-12(8-11)17(18,19)20/h5-8,13H,9-10H2,1-4H3,(H,21,23)(H,22,24).